The van der Waals surface area contributed by atoms with Crippen molar-refractivity contribution >= 4 is 5.97 Å². The number of rotatable bonds is 2. The second-order valence-corrected chi connectivity index (χ2v) is 3.02. The highest BCUT2D eigenvalue weighted by molar-refractivity contribution is 5.89. The minimum atomic E-state index is -4.74. The molecule has 18 heavy (non-hydrogen) atoms. The fourth-order valence-corrected chi connectivity index (χ4v) is 1.13. The Kier molecular flexibility index (Phi) is 6.22. The number of carbonyl (C=O) groups is 1. The third-order valence-electron chi connectivity index (χ3n) is 1.82. The maximum atomic E-state index is 11.9. The first kappa shape index (κ1) is 16.3. The molecule has 1 aromatic carbocycles. The van der Waals surface area contributed by atoms with Crippen LogP contribution in [-0.2, 0) is 4.74 Å². The summed E-state index contributed by atoms with van der Waals surface area (Å²) >= 11 is 0. The SMILES string of the molecule is CC.COC(=O)c1ccc(OC(F)(F)F)c(C)c1. The van der Waals surface area contributed by atoms with Gasteiger partial charge in [0.05, 0.1) is 12.7 Å². The van der Waals surface area contributed by atoms with Crippen LogP contribution in [-0.4, -0.2) is 19.4 Å². The molecule has 102 valence electrons. The summed E-state index contributed by atoms with van der Waals surface area (Å²) in [7, 11) is 1.19. The van der Waals surface area contributed by atoms with Gasteiger partial charge in [0.1, 0.15) is 5.75 Å². The van der Waals surface area contributed by atoms with Gasteiger partial charge in [-0.25, -0.2) is 4.79 Å². The number of benzene rings is 1. The van der Waals surface area contributed by atoms with Crippen molar-refractivity contribution in [1.82, 2.24) is 0 Å². The zero-order chi connectivity index (χ0) is 14.3. The van der Waals surface area contributed by atoms with Gasteiger partial charge in [-0.3, -0.25) is 0 Å². The molecule has 0 aromatic heterocycles. The molecule has 3 nitrogen and oxygen atoms in total. The molecule has 0 spiro atoms. The van der Waals surface area contributed by atoms with Crippen molar-refractivity contribution in [3.05, 3.63) is 29.3 Å². The van der Waals surface area contributed by atoms with Crippen molar-refractivity contribution in [2.75, 3.05) is 7.11 Å². The maximum Gasteiger partial charge on any atom is 0.573 e. The van der Waals surface area contributed by atoms with Gasteiger partial charge in [0.2, 0.25) is 0 Å². The molecule has 6 heteroatoms. The van der Waals surface area contributed by atoms with Crippen molar-refractivity contribution in [2.45, 2.75) is 27.1 Å². The summed E-state index contributed by atoms with van der Waals surface area (Å²) < 4.78 is 44.0. The second kappa shape index (κ2) is 6.88. The number of halogens is 3. The van der Waals surface area contributed by atoms with E-state index < -0.39 is 12.3 Å². The first-order valence-electron chi connectivity index (χ1n) is 5.28. The van der Waals surface area contributed by atoms with Gasteiger partial charge in [-0.1, -0.05) is 13.8 Å². The summed E-state index contributed by atoms with van der Waals surface area (Å²) in [6, 6.07) is 3.56. The molecule has 0 fully saturated rings. The number of hydrogen-bond donors (Lipinski definition) is 0. The Morgan fingerprint density at radius 2 is 1.78 bits per heavy atom. The lowest BCUT2D eigenvalue weighted by Gasteiger charge is -2.11. The Balaban J connectivity index is 0.00000137. The summed E-state index contributed by atoms with van der Waals surface area (Å²) in [6.45, 7) is 5.41. The lowest BCUT2D eigenvalue weighted by molar-refractivity contribution is -0.274. The molecule has 0 saturated carbocycles. The molecule has 0 atom stereocenters. The lowest BCUT2D eigenvalue weighted by atomic mass is 10.1. The van der Waals surface area contributed by atoms with E-state index in [9.17, 15) is 18.0 Å². The molecule has 0 saturated heterocycles. The third kappa shape index (κ3) is 5.07. The van der Waals surface area contributed by atoms with Crippen LogP contribution >= 0.6 is 0 Å². The molecule has 0 bridgehead atoms. The van der Waals surface area contributed by atoms with Crippen molar-refractivity contribution in [2.24, 2.45) is 0 Å². The van der Waals surface area contributed by atoms with Crippen LogP contribution in [0.25, 0.3) is 0 Å². The molecule has 1 aromatic rings. The van der Waals surface area contributed by atoms with E-state index in [-0.39, 0.29) is 16.9 Å². The van der Waals surface area contributed by atoms with E-state index in [2.05, 4.69) is 9.47 Å². The normalized spacial score (nSPS) is 10.2. The van der Waals surface area contributed by atoms with Crippen molar-refractivity contribution in [1.29, 1.82) is 0 Å². The van der Waals surface area contributed by atoms with E-state index in [4.69, 9.17) is 0 Å². The predicted octanol–water partition coefficient (Wildman–Crippen LogP) is 3.71. The average Bonchev–Trinajstić information content (AvgIpc) is 2.32. The van der Waals surface area contributed by atoms with Gasteiger partial charge in [0, 0.05) is 0 Å². The van der Waals surface area contributed by atoms with Crippen LogP contribution in [0, 0.1) is 6.92 Å². The quantitative estimate of drug-likeness (QED) is 0.764. The molecular formula is C12H15F3O3. The minimum absolute atomic E-state index is 0.175. The molecule has 1 rings (SSSR count). The molecule has 0 amide bonds. The molecule has 0 aliphatic carbocycles. The monoisotopic (exact) mass is 264 g/mol. The summed E-state index contributed by atoms with van der Waals surface area (Å²) in [5.74, 6) is -0.943. The van der Waals surface area contributed by atoms with E-state index >= 15 is 0 Å². The smallest absolute Gasteiger partial charge is 0.465 e. The van der Waals surface area contributed by atoms with Gasteiger partial charge in [-0.2, -0.15) is 0 Å². The van der Waals surface area contributed by atoms with Crippen LogP contribution in [0.4, 0.5) is 13.2 Å². The summed E-state index contributed by atoms with van der Waals surface area (Å²) in [5, 5.41) is 0. The maximum absolute atomic E-state index is 11.9. The largest absolute Gasteiger partial charge is 0.573 e. The third-order valence-corrected chi connectivity index (χ3v) is 1.82. The first-order chi connectivity index (χ1) is 8.33. The average molecular weight is 264 g/mol. The number of hydrogen-bond acceptors (Lipinski definition) is 3. The van der Waals surface area contributed by atoms with Gasteiger partial charge < -0.3 is 9.47 Å². The van der Waals surface area contributed by atoms with E-state index in [1.54, 1.807) is 0 Å². The van der Waals surface area contributed by atoms with Gasteiger partial charge in [-0.15, -0.1) is 13.2 Å². The van der Waals surface area contributed by atoms with Gasteiger partial charge >= 0.3 is 12.3 Å². The standard InChI is InChI=1S/C10H9F3O3.C2H6/c1-6-5-7(9(14)15-2)3-4-8(6)16-10(11,12)13;1-2/h3-5H,1-2H3;1-2H3. The number of alkyl halides is 3. The van der Waals surface area contributed by atoms with Crippen LogP contribution in [0.3, 0.4) is 0 Å². The molecular weight excluding hydrogens is 249 g/mol. The molecule has 0 N–H and O–H groups in total. The van der Waals surface area contributed by atoms with Gasteiger partial charge in [0.15, 0.2) is 0 Å². The summed E-state index contributed by atoms with van der Waals surface area (Å²) in [6.07, 6.45) is -4.74. The van der Waals surface area contributed by atoms with Gasteiger partial charge in [-0.05, 0) is 30.7 Å². The number of methoxy groups -OCH3 is 1. The van der Waals surface area contributed by atoms with Crippen molar-refractivity contribution < 1.29 is 27.4 Å². The topological polar surface area (TPSA) is 35.5 Å². The highest BCUT2D eigenvalue weighted by atomic mass is 19.4. The van der Waals surface area contributed by atoms with Gasteiger partial charge in [0.25, 0.3) is 0 Å². The molecule has 0 radical (unpaired) electrons. The van der Waals surface area contributed by atoms with Crippen molar-refractivity contribution in [3.8, 4) is 5.75 Å². The Morgan fingerprint density at radius 1 is 1.22 bits per heavy atom. The molecule has 0 aliphatic rings. The predicted molar refractivity (Wildman–Crippen MR) is 60.5 cm³/mol. The van der Waals surface area contributed by atoms with E-state index in [0.717, 1.165) is 6.07 Å². The lowest BCUT2D eigenvalue weighted by Crippen LogP contribution is -2.18. The van der Waals surface area contributed by atoms with Crippen LogP contribution in [0.5, 0.6) is 5.75 Å². The Bertz CT molecular complexity index is 400. The van der Waals surface area contributed by atoms with E-state index in [1.807, 2.05) is 13.8 Å². The summed E-state index contributed by atoms with van der Waals surface area (Å²) in [4.78, 5) is 11.1. The van der Waals surface area contributed by atoms with Crippen LogP contribution in [0.15, 0.2) is 18.2 Å². The van der Waals surface area contributed by atoms with Crippen LogP contribution in [0.1, 0.15) is 29.8 Å². The van der Waals surface area contributed by atoms with E-state index in [0.29, 0.717) is 0 Å². The Morgan fingerprint density at radius 3 is 2.17 bits per heavy atom. The van der Waals surface area contributed by atoms with E-state index in [1.165, 1.54) is 26.2 Å². The summed E-state index contributed by atoms with van der Waals surface area (Å²) in [5.41, 5.74) is 0.384. The fraction of sp³-hybridized carbons (Fsp3) is 0.417. The second-order valence-electron chi connectivity index (χ2n) is 3.02. The molecule has 0 heterocycles. The highest BCUT2D eigenvalue weighted by Gasteiger charge is 2.31. The van der Waals surface area contributed by atoms with Crippen LogP contribution in [0.2, 0.25) is 0 Å². The number of carbonyl (C=O) groups excluding carboxylic acids is 1. The number of ether oxygens (including phenoxy) is 2. The first-order valence-corrected chi connectivity index (χ1v) is 5.28. The van der Waals surface area contributed by atoms with Crippen molar-refractivity contribution in [3.63, 3.8) is 0 Å². The molecule has 0 unspecified atom stereocenters. The fourth-order valence-electron chi connectivity index (χ4n) is 1.13. The number of esters is 1. The zero-order valence-corrected chi connectivity index (χ0v) is 10.6. The Hall–Kier alpha value is -1.72. The zero-order valence-electron chi connectivity index (χ0n) is 10.6. The van der Waals surface area contributed by atoms with Crippen LogP contribution < -0.4 is 4.74 Å². The number of aryl methyl sites for hydroxylation is 1. The molecule has 0 aliphatic heterocycles. The minimum Gasteiger partial charge on any atom is -0.465 e. The Labute approximate surface area is 104 Å². The highest BCUT2D eigenvalue weighted by Crippen LogP contribution is 2.26.